The second-order valence-corrected chi connectivity index (χ2v) is 6.75. The van der Waals surface area contributed by atoms with Crippen LogP contribution in [0.4, 0.5) is 0 Å². The van der Waals surface area contributed by atoms with Gasteiger partial charge >= 0.3 is 0 Å². The van der Waals surface area contributed by atoms with Gasteiger partial charge in [0.1, 0.15) is 0 Å². The van der Waals surface area contributed by atoms with Gasteiger partial charge < -0.3 is 0 Å². The fourth-order valence-corrected chi connectivity index (χ4v) is 5.03. The molecule has 2 aromatic rings. The predicted octanol–water partition coefficient (Wildman–Crippen LogP) is 3.50. The fraction of sp³-hybridized carbons (Fsp3) is 0.444. The third-order valence-corrected chi connectivity index (χ3v) is 5.72. The topological polar surface area (TPSA) is 3.24 Å². The Hall–Kier alpha value is -1.34. The van der Waals surface area contributed by atoms with Crippen molar-refractivity contribution in [3.05, 3.63) is 47.5 Å². The number of hydrogen-bond acceptors (Lipinski definition) is 1. The molecule has 1 nitrogen and oxygen atoms in total. The van der Waals surface area contributed by atoms with Crippen LogP contribution in [0.3, 0.4) is 0 Å². The van der Waals surface area contributed by atoms with Crippen molar-refractivity contribution in [2.75, 3.05) is 13.1 Å². The molecule has 2 saturated heterocycles. The maximum Gasteiger partial charge on any atom is 0.0142 e. The van der Waals surface area contributed by atoms with Gasteiger partial charge in [0.15, 0.2) is 0 Å². The molecule has 1 aliphatic carbocycles. The summed E-state index contributed by atoms with van der Waals surface area (Å²) in [5.41, 5.74) is 3.68. The summed E-state index contributed by atoms with van der Waals surface area (Å²) < 4.78 is 0. The normalized spacial score (nSPS) is 32.5. The Morgan fingerprint density at radius 3 is 2.89 bits per heavy atom. The largest absolute Gasteiger partial charge is 0.299 e. The molecule has 0 amide bonds. The molecular formula is C18H19N. The van der Waals surface area contributed by atoms with Gasteiger partial charge in [-0.3, -0.25) is 4.90 Å². The summed E-state index contributed by atoms with van der Waals surface area (Å²) in [7, 11) is 0. The lowest BCUT2D eigenvalue weighted by Crippen LogP contribution is -2.30. The summed E-state index contributed by atoms with van der Waals surface area (Å²) in [6.45, 7) is 2.63. The molecule has 1 heteroatoms. The molecular weight excluding hydrogens is 230 g/mol. The molecule has 96 valence electrons. The minimum Gasteiger partial charge on any atom is -0.299 e. The zero-order valence-electron chi connectivity index (χ0n) is 11.2. The Morgan fingerprint density at radius 2 is 2.00 bits per heavy atom. The fourth-order valence-electron chi connectivity index (χ4n) is 5.03. The lowest BCUT2D eigenvalue weighted by Gasteiger charge is -2.25. The van der Waals surface area contributed by atoms with E-state index in [-0.39, 0.29) is 0 Å². The first-order chi connectivity index (χ1) is 9.36. The van der Waals surface area contributed by atoms with E-state index >= 15 is 0 Å². The van der Waals surface area contributed by atoms with Gasteiger partial charge in [-0.15, -0.1) is 0 Å². The van der Waals surface area contributed by atoms with Crippen molar-refractivity contribution < 1.29 is 0 Å². The second-order valence-electron chi connectivity index (χ2n) is 6.75. The van der Waals surface area contributed by atoms with Gasteiger partial charge in [-0.1, -0.05) is 36.4 Å². The van der Waals surface area contributed by atoms with Crippen molar-refractivity contribution >= 4 is 10.8 Å². The van der Waals surface area contributed by atoms with Crippen molar-refractivity contribution in [3.8, 4) is 0 Å². The highest BCUT2D eigenvalue weighted by molar-refractivity contribution is 5.92. The van der Waals surface area contributed by atoms with Crippen LogP contribution in [0.2, 0.25) is 0 Å². The second kappa shape index (κ2) is 3.40. The van der Waals surface area contributed by atoms with Crippen LogP contribution in [0.5, 0.6) is 0 Å². The maximum absolute atomic E-state index is 2.75. The summed E-state index contributed by atoms with van der Waals surface area (Å²) in [5.74, 6) is 0. The Morgan fingerprint density at radius 1 is 1.11 bits per heavy atom. The van der Waals surface area contributed by atoms with E-state index in [4.69, 9.17) is 0 Å². The number of benzene rings is 2. The van der Waals surface area contributed by atoms with Gasteiger partial charge in [-0.2, -0.15) is 0 Å². The van der Waals surface area contributed by atoms with E-state index in [0.29, 0.717) is 5.41 Å². The van der Waals surface area contributed by atoms with Crippen molar-refractivity contribution in [1.82, 2.24) is 4.90 Å². The molecule has 1 spiro atoms. The average molecular weight is 249 g/mol. The van der Waals surface area contributed by atoms with E-state index in [1.807, 2.05) is 0 Å². The SMILES string of the molecule is c1cc2c3c(cccc3c1)C1(C2)CC2CCCN2C1. The van der Waals surface area contributed by atoms with Crippen molar-refractivity contribution in [2.45, 2.75) is 37.1 Å². The van der Waals surface area contributed by atoms with E-state index in [9.17, 15) is 0 Å². The van der Waals surface area contributed by atoms with Crippen LogP contribution in [-0.4, -0.2) is 24.0 Å². The molecule has 2 aliphatic heterocycles. The Kier molecular flexibility index (Phi) is 1.87. The molecule has 5 rings (SSSR count). The molecule has 0 aromatic heterocycles. The van der Waals surface area contributed by atoms with E-state index in [0.717, 1.165) is 6.04 Å². The lowest BCUT2D eigenvalue weighted by atomic mass is 9.78. The van der Waals surface area contributed by atoms with Crippen molar-refractivity contribution in [1.29, 1.82) is 0 Å². The Balaban J connectivity index is 1.72. The van der Waals surface area contributed by atoms with Gasteiger partial charge in [0, 0.05) is 18.0 Å². The molecule has 3 aliphatic rings. The maximum atomic E-state index is 2.75. The summed E-state index contributed by atoms with van der Waals surface area (Å²) in [6, 6.07) is 14.7. The number of nitrogens with zero attached hydrogens (tertiary/aromatic N) is 1. The zero-order valence-corrected chi connectivity index (χ0v) is 11.2. The third-order valence-electron chi connectivity index (χ3n) is 5.72. The number of hydrogen-bond donors (Lipinski definition) is 0. The highest BCUT2D eigenvalue weighted by atomic mass is 15.2. The molecule has 0 radical (unpaired) electrons. The van der Waals surface area contributed by atoms with Crippen LogP contribution in [0.25, 0.3) is 10.8 Å². The molecule has 19 heavy (non-hydrogen) atoms. The Bertz CT molecular complexity index is 655. The van der Waals surface area contributed by atoms with Crippen LogP contribution in [0, 0.1) is 0 Å². The van der Waals surface area contributed by atoms with E-state index in [1.165, 1.54) is 44.2 Å². The third kappa shape index (κ3) is 1.24. The van der Waals surface area contributed by atoms with E-state index < -0.39 is 0 Å². The van der Waals surface area contributed by atoms with Crippen LogP contribution in [-0.2, 0) is 11.8 Å². The highest BCUT2D eigenvalue weighted by Gasteiger charge is 2.49. The monoisotopic (exact) mass is 249 g/mol. The van der Waals surface area contributed by atoms with Crippen LogP contribution in [0.1, 0.15) is 30.4 Å². The average Bonchev–Trinajstić information content (AvgIpc) is 3.05. The van der Waals surface area contributed by atoms with Crippen LogP contribution < -0.4 is 0 Å². The molecule has 0 saturated carbocycles. The van der Waals surface area contributed by atoms with Gasteiger partial charge in [0.05, 0.1) is 0 Å². The van der Waals surface area contributed by atoms with Gasteiger partial charge in [-0.05, 0) is 54.1 Å². The van der Waals surface area contributed by atoms with E-state index in [2.05, 4.69) is 41.3 Å². The van der Waals surface area contributed by atoms with Gasteiger partial charge in [0.25, 0.3) is 0 Å². The molecule has 2 heterocycles. The molecule has 0 N–H and O–H groups in total. The molecule has 2 atom stereocenters. The predicted molar refractivity (Wildman–Crippen MR) is 78.5 cm³/mol. The molecule has 0 bridgehead atoms. The van der Waals surface area contributed by atoms with Crippen LogP contribution >= 0.6 is 0 Å². The summed E-state index contributed by atoms with van der Waals surface area (Å²) in [6.07, 6.45) is 5.50. The smallest absolute Gasteiger partial charge is 0.0142 e. The lowest BCUT2D eigenvalue weighted by molar-refractivity contribution is 0.310. The molecule has 2 fully saturated rings. The Labute approximate surface area is 114 Å². The quantitative estimate of drug-likeness (QED) is 0.690. The summed E-state index contributed by atoms with van der Waals surface area (Å²) >= 11 is 0. The number of fused-ring (bicyclic) bond motifs is 2. The van der Waals surface area contributed by atoms with Crippen molar-refractivity contribution in [2.24, 2.45) is 0 Å². The molecule has 2 aromatic carbocycles. The van der Waals surface area contributed by atoms with E-state index in [1.54, 1.807) is 16.5 Å². The first kappa shape index (κ1) is 10.4. The minimum absolute atomic E-state index is 0.439. The zero-order chi connectivity index (χ0) is 12.4. The minimum atomic E-state index is 0.439. The first-order valence-corrected chi connectivity index (χ1v) is 7.61. The summed E-state index contributed by atoms with van der Waals surface area (Å²) in [4.78, 5) is 2.75. The van der Waals surface area contributed by atoms with Crippen molar-refractivity contribution in [3.63, 3.8) is 0 Å². The summed E-state index contributed by atoms with van der Waals surface area (Å²) in [5, 5.41) is 3.02. The first-order valence-electron chi connectivity index (χ1n) is 7.61. The number of rotatable bonds is 0. The standard InChI is InChI=1S/C18H19N/c1-4-13-5-2-8-16-17(13)14(6-1)10-18(16)11-15-7-3-9-19(15)12-18/h1-2,4-6,8,15H,3,7,9-12H2. The van der Waals surface area contributed by atoms with Gasteiger partial charge in [0.2, 0.25) is 0 Å². The van der Waals surface area contributed by atoms with Gasteiger partial charge in [-0.25, -0.2) is 0 Å². The highest BCUT2D eigenvalue weighted by Crippen LogP contribution is 2.51. The molecule has 2 unspecified atom stereocenters. The van der Waals surface area contributed by atoms with Crippen LogP contribution in [0.15, 0.2) is 36.4 Å².